The number of β-amino-alcohol motifs (C(OH)–C–C–N with tert-alkyl or cyclic N) is 1. The van der Waals surface area contributed by atoms with Crippen molar-refractivity contribution in [2.45, 2.75) is 26.4 Å². The normalized spacial score (nSPS) is 20.6. The van der Waals surface area contributed by atoms with E-state index in [1.54, 1.807) is 0 Å². The highest BCUT2D eigenvalue weighted by molar-refractivity contribution is 5.31. The van der Waals surface area contributed by atoms with Gasteiger partial charge in [0.2, 0.25) is 0 Å². The number of aryl methyl sites for hydroxylation is 1. The average Bonchev–Trinajstić information content (AvgIpc) is 2.91. The number of para-hydroxylation sites is 1. The van der Waals surface area contributed by atoms with Gasteiger partial charge in [-0.1, -0.05) is 18.2 Å². The molecule has 1 aromatic carbocycles. The molecule has 0 aliphatic carbocycles. The van der Waals surface area contributed by atoms with E-state index in [-0.39, 0.29) is 0 Å². The zero-order valence-corrected chi connectivity index (χ0v) is 13.1. The summed E-state index contributed by atoms with van der Waals surface area (Å²) >= 11 is 0. The van der Waals surface area contributed by atoms with Crippen LogP contribution in [-0.4, -0.2) is 55.6 Å². The number of likely N-dealkylation sites (tertiary alicyclic amines) is 1. The van der Waals surface area contributed by atoms with Gasteiger partial charge in [0, 0.05) is 19.7 Å². The Kier molecular flexibility index (Phi) is 6.49. The molecule has 118 valence electrons. The molecule has 2 atom stereocenters. The molecule has 1 saturated heterocycles. The van der Waals surface area contributed by atoms with Gasteiger partial charge in [-0.25, -0.2) is 0 Å². The number of hydrogen-bond donors (Lipinski definition) is 1. The van der Waals surface area contributed by atoms with E-state index in [4.69, 9.17) is 9.47 Å². The van der Waals surface area contributed by atoms with Crippen molar-refractivity contribution in [1.29, 1.82) is 0 Å². The monoisotopic (exact) mass is 293 g/mol. The van der Waals surface area contributed by atoms with Crippen molar-refractivity contribution in [3.05, 3.63) is 29.8 Å². The smallest absolute Gasteiger partial charge is 0.122 e. The molecule has 2 rings (SSSR count). The lowest BCUT2D eigenvalue weighted by molar-refractivity contribution is 0.0699. The van der Waals surface area contributed by atoms with Gasteiger partial charge in [0.25, 0.3) is 0 Å². The first-order chi connectivity index (χ1) is 10.2. The summed E-state index contributed by atoms with van der Waals surface area (Å²) in [5, 5.41) is 10.1. The van der Waals surface area contributed by atoms with Crippen molar-refractivity contribution in [3.63, 3.8) is 0 Å². The lowest BCUT2D eigenvalue weighted by atomic mass is 10.1. The van der Waals surface area contributed by atoms with Crippen molar-refractivity contribution in [3.8, 4) is 5.75 Å². The topological polar surface area (TPSA) is 41.9 Å². The second kappa shape index (κ2) is 8.37. The van der Waals surface area contributed by atoms with Crippen LogP contribution in [0.4, 0.5) is 0 Å². The highest BCUT2D eigenvalue weighted by Gasteiger charge is 2.24. The molecule has 1 fully saturated rings. The Hall–Kier alpha value is -1.10. The molecule has 1 aliphatic heterocycles. The number of aliphatic hydroxyl groups is 1. The fourth-order valence-electron chi connectivity index (χ4n) is 2.75. The summed E-state index contributed by atoms with van der Waals surface area (Å²) in [6, 6.07) is 7.89. The Labute approximate surface area is 127 Å². The van der Waals surface area contributed by atoms with Crippen LogP contribution in [0.25, 0.3) is 0 Å². The molecule has 2 unspecified atom stereocenters. The zero-order valence-electron chi connectivity index (χ0n) is 13.1. The van der Waals surface area contributed by atoms with Crippen LogP contribution in [0, 0.1) is 12.8 Å². The average molecular weight is 293 g/mol. The summed E-state index contributed by atoms with van der Waals surface area (Å²) in [6.07, 6.45) is 0.709. The first kappa shape index (κ1) is 16.3. The van der Waals surface area contributed by atoms with Gasteiger partial charge in [0.1, 0.15) is 18.5 Å². The van der Waals surface area contributed by atoms with Gasteiger partial charge >= 0.3 is 0 Å². The van der Waals surface area contributed by atoms with Crippen LogP contribution in [0.3, 0.4) is 0 Å². The van der Waals surface area contributed by atoms with Crippen molar-refractivity contribution in [2.75, 3.05) is 39.5 Å². The van der Waals surface area contributed by atoms with Crippen LogP contribution >= 0.6 is 0 Å². The Bertz CT molecular complexity index is 424. The van der Waals surface area contributed by atoms with Crippen LogP contribution in [0.15, 0.2) is 24.3 Å². The maximum Gasteiger partial charge on any atom is 0.122 e. The minimum Gasteiger partial charge on any atom is -0.491 e. The van der Waals surface area contributed by atoms with E-state index in [0.717, 1.165) is 44.0 Å². The molecule has 0 aromatic heterocycles. The third kappa shape index (κ3) is 5.30. The van der Waals surface area contributed by atoms with Gasteiger partial charge in [-0.2, -0.15) is 0 Å². The molecular formula is C17H27NO3. The molecule has 1 aliphatic rings. The maximum atomic E-state index is 10.1. The summed E-state index contributed by atoms with van der Waals surface area (Å²) in [5.41, 5.74) is 1.10. The van der Waals surface area contributed by atoms with Gasteiger partial charge < -0.3 is 19.5 Å². The molecule has 1 N–H and O–H groups in total. The van der Waals surface area contributed by atoms with E-state index in [9.17, 15) is 5.11 Å². The summed E-state index contributed by atoms with van der Waals surface area (Å²) in [5.74, 6) is 1.46. The number of nitrogens with zero attached hydrogens (tertiary/aromatic N) is 1. The van der Waals surface area contributed by atoms with E-state index >= 15 is 0 Å². The van der Waals surface area contributed by atoms with Gasteiger partial charge in [0.05, 0.1) is 6.61 Å². The quantitative estimate of drug-likeness (QED) is 0.797. The zero-order chi connectivity index (χ0) is 15.1. The maximum absolute atomic E-state index is 10.1. The molecule has 21 heavy (non-hydrogen) atoms. The molecule has 1 aromatic rings. The second-order valence-electron chi connectivity index (χ2n) is 5.80. The molecule has 4 heteroatoms. The first-order valence-electron chi connectivity index (χ1n) is 7.85. The number of ether oxygens (including phenoxy) is 2. The largest absolute Gasteiger partial charge is 0.491 e. The summed E-state index contributed by atoms with van der Waals surface area (Å²) in [6.45, 7) is 8.73. The predicted octanol–water partition coefficient (Wildman–Crippen LogP) is 2.09. The Balaban J connectivity index is 1.68. The van der Waals surface area contributed by atoms with Gasteiger partial charge in [-0.3, -0.25) is 0 Å². The highest BCUT2D eigenvalue weighted by atomic mass is 16.5. The summed E-state index contributed by atoms with van der Waals surface area (Å²) in [7, 11) is 0. The molecule has 0 amide bonds. The van der Waals surface area contributed by atoms with Crippen LogP contribution in [0.5, 0.6) is 5.75 Å². The molecule has 1 heterocycles. The highest BCUT2D eigenvalue weighted by Crippen LogP contribution is 2.18. The molecule has 0 saturated carbocycles. The molecule has 0 bridgehead atoms. The number of rotatable bonds is 8. The van der Waals surface area contributed by atoms with Crippen LogP contribution in [0.2, 0.25) is 0 Å². The number of hydrogen-bond acceptors (Lipinski definition) is 4. The Morgan fingerprint density at radius 3 is 2.95 bits per heavy atom. The second-order valence-corrected chi connectivity index (χ2v) is 5.80. The van der Waals surface area contributed by atoms with Crippen LogP contribution in [-0.2, 0) is 4.74 Å². The summed E-state index contributed by atoms with van der Waals surface area (Å²) in [4.78, 5) is 2.30. The van der Waals surface area contributed by atoms with Crippen molar-refractivity contribution in [2.24, 2.45) is 5.92 Å². The van der Waals surface area contributed by atoms with E-state index < -0.39 is 6.10 Å². The Morgan fingerprint density at radius 1 is 1.38 bits per heavy atom. The van der Waals surface area contributed by atoms with E-state index in [2.05, 4.69) is 4.90 Å². The van der Waals surface area contributed by atoms with Crippen molar-refractivity contribution >= 4 is 0 Å². The first-order valence-corrected chi connectivity index (χ1v) is 7.85. The van der Waals surface area contributed by atoms with Crippen LogP contribution < -0.4 is 4.74 Å². The number of benzene rings is 1. The lowest BCUT2D eigenvalue weighted by Gasteiger charge is -2.20. The molecular weight excluding hydrogens is 266 g/mol. The molecule has 0 spiro atoms. The SMILES string of the molecule is CCOCC1CCN(CC(O)COc2ccccc2C)C1. The Morgan fingerprint density at radius 2 is 2.19 bits per heavy atom. The lowest BCUT2D eigenvalue weighted by Crippen LogP contribution is -2.34. The minimum atomic E-state index is -0.449. The fraction of sp³-hybridized carbons (Fsp3) is 0.647. The van der Waals surface area contributed by atoms with Gasteiger partial charge in [0.15, 0.2) is 0 Å². The van der Waals surface area contributed by atoms with Crippen molar-refractivity contribution < 1.29 is 14.6 Å². The summed E-state index contributed by atoms with van der Waals surface area (Å²) < 4.78 is 11.2. The predicted molar refractivity (Wildman–Crippen MR) is 83.7 cm³/mol. The third-order valence-corrected chi connectivity index (χ3v) is 3.92. The standard InChI is InChI=1S/C17H27NO3/c1-3-20-12-15-8-9-18(10-15)11-16(19)13-21-17-7-5-4-6-14(17)2/h4-7,15-16,19H,3,8-13H2,1-2H3. The number of aliphatic hydroxyl groups excluding tert-OH is 1. The van der Waals surface area contributed by atoms with Crippen LogP contribution in [0.1, 0.15) is 18.9 Å². The van der Waals surface area contributed by atoms with E-state index in [0.29, 0.717) is 19.1 Å². The third-order valence-electron chi connectivity index (χ3n) is 3.92. The van der Waals surface area contributed by atoms with Gasteiger partial charge in [-0.15, -0.1) is 0 Å². The minimum absolute atomic E-state index is 0.345. The fourth-order valence-corrected chi connectivity index (χ4v) is 2.75. The van der Waals surface area contributed by atoms with Crippen molar-refractivity contribution in [1.82, 2.24) is 4.90 Å². The molecule has 0 radical (unpaired) electrons. The molecule has 4 nitrogen and oxygen atoms in total. The van der Waals surface area contributed by atoms with Gasteiger partial charge in [-0.05, 0) is 44.4 Å². The van der Waals surface area contributed by atoms with E-state index in [1.165, 1.54) is 0 Å². The van der Waals surface area contributed by atoms with E-state index in [1.807, 2.05) is 38.1 Å².